The summed E-state index contributed by atoms with van der Waals surface area (Å²) in [6.45, 7) is 2.70. The van der Waals surface area contributed by atoms with E-state index in [9.17, 15) is 9.59 Å². The van der Waals surface area contributed by atoms with E-state index in [1.54, 1.807) is 4.90 Å². The normalized spacial score (nSPS) is 16.3. The summed E-state index contributed by atoms with van der Waals surface area (Å²) in [5.74, 6) is 5.47. The molecule has 0 aliphatic carbocycles. The summed E-state index contributed by atoms with van der Waals surface area (Å²) in [5, 5.41) is 2.81. The Morgan fingerprint density at radius 2 is 1.88 bits per heavy atom. The molecule has 1 heterocycles. The van der Waals surface area contributed by atoms with Crippen LogP contribution in [0.1, 0.15) is 17.5 Å². The SMILES string of the molecule is Cc1ccc(N2CC(C(=O)NCC#Cc3ccccc3)CC2=O)cc1. The number of anilines is 1. The highest BCUT2D eigenvalue weighted by atomic mass is 16.2. The number of carbonyl (C=O) groups is 2. The number of aryl methyl sites for hydroxylation is 1. The van der Waals surface area contributed by atoms with Crippen LogP contribution in [-0.2, 0) is 9.59 Å². The molecule has 1 N–H and O–H groups in total. The fraction of sp³-hybridized carbons (Fsp3) is 0.238. The molecule has 1 fully saturated rings. The van der Waals surface area contributed by atoms with Crippen LogP contribution in [0.4, 0.5) is 5.69 Å². The molecule has 0 radical (unpaired) electrons. The van der Waals surface area contributed by atoms with E-state index in [1.165, 1.54) is 0 Å². The molecular weight excluding hydrogens is 312 g/mol. The third-order valence-corrected chi connectivity index (χ3v) is 4.20. The van der Waals surface area contributed by atoms with Gasteiger partial charge < -0.3 is 10.2 Å². The van der Waals surface area contributed by atoms with Crippen LogP contribution >= 0.6 is 0 Å². The molecule has 4 heteroatoms. The van der Waals surface area contributed by atoms with Gasteiger partial charge >= 0.3 is 0 Å². The van der Waals surface area contributed by atoms with Gasteiger partial charge in [0.2, 0.25) is 11.8 Å². The second-order valence-electron chi connectivity index (χ2n) is 6.13. The number of rotatable bonds is 3. The van der Waals surface area contributed by atoms with Crippen LogP contribution < -0.4 is 10.2 Å². The Bertz CT molecular complexity index is 816. The summed E-state index contributed by atoms with van der Waals surface area (Å²) < 4.78 is 0. The van der Waals surface area contributed by atoms with Crippen molar-refractivity contribution < 1.29 is 9.59 Å². The molecule has 1 saturated heterocycles. The van der Waals surface area contributed by atoms with Crippen molar-refractivity contribution >= 4 is 17.5 Å². The van der Waals surface area contributed by atoms with Gasteiger partial charge in [0.15, 0.2) is 0 Å². The van der Waals surface area contributed by atoms with Gasteiger partial charge in [-0.1, -0.05) is 47.7 Å². The first-order chi connectivity index (χ1) is 12.1. The van der Waals surface area contributed by atoms with Crippen molar-refractivity contribution in [2.75, 3.05) is 18.0 Å². The van der Waals surface area contributed by atoms with Crippen molar-refractivity contribution in [3.8, 4) is 11.8 Å². The van der Waals surface area contributed by atoms with Gasteiger partial charge in [-0.25, -0.2) is 0 Å². The highest BCUT2D eigenvalue weighted by Gasteiger charge is 2.34. The minimum absolute atomic E-state index is 0.0145. The molecule has 0 spiro atoms. The van der Waals surface area contributed by atoms with Gasteiger partial charge in [-0.15, -0.1) is 0 Å². The summed E-state index contributed by atoms with van der Waals surface area (Å²) >= 11 is 0. The molecule has 1 aliphatic heterocycles. The largest absolute Gasteiger partial charge is 0.345 e. The number of hydrogen-bond acceptors (Lipinski definition) is 2. The minimum atomic E-state index is -0.327. The van der Waals surface area contributed by atoms with Gasteiger partial charge in [-0.2, -0.15) is 0 Å². The van der Waals surface area contributed by atoms with E-state index < -0.39 is 0 Å². The molecule has 2 aromatic rings. The third-order valence-electron chi connectivity index (χ3n) is 4.20. The Balaban J connectivity index is 1.54. The van der Waals surface area contributed by atoms with Gasteiger partial charge in [0.25, 0.3) is 0 Å². The lowest BCUT2D eigenvalue weighted by molar-refractivity contribution is -0.126. The Hall–Kier alpha value is -3.06. The van der Waals surface area contributed by atoms with Gasteiger partial charge in [0.1, 0.15) is 0 Å². The molecule has 0 aromatic heterocycles. The predicted octanol–water partition coefficient (Wildman–Crippen LogP) is 2.52. The fourth-order valence-electron chi connectivity index (χ4n) is 2.80. The predicted molar refractivity (Wildman–Crippen MR) is 98.0 cm³/mol. The second kappa shape index (κ2) is 7.67. The zero-order valence-corrected chi connectivity index (χ0v) is 14.2. The maximum atomic E-state index is 12.3. The van der Waals surface area contributed by atoms with E-state index in [0.717, 1.165) is 16.8 Å². The lowest BCUT2D eigenvalue weighted by atomic mass is 10.1. The van der Waals surface area contributed by atoms with Crippen LogP contribution in [0.5, 0.6) is 0 Å². The minimum Gasteiger partial charge on any atom is -0.345 e. The van der Waals surface area contributed by atoms with Gasteiger partial charge in [-0.05, 0) is 31.2 Å². The number of benzene rings is 2. The van der Waals surface area contributed by atoms with Crippen LogP contribution in [0.2, 0.25) is 0 Å². The molecule has 1 unspecified atom stereocenters. The van der Waals surface area contributed by atoms with Crippen molar-refractivity contribution in [2.24, 2.45) is 5.92 Å². The first-order valence-corrected chi connectivity index (χ1v) is 8.32. The van der Waals surface area contributed by atoms with E-state index in [0.29, 0.717) is 6.54 Å². The summed E-state index contributed by atoms with van der Waals surface area (Å²) in [4.78, 5) is 26.2. The fourth-order valence-corrected chi connectivity index (χ4v) is 2.80. The first kappa shape index (κ1) is 16.8. The van der Waals surface area contributed by atoms with Crippen LogP contribution in [-0.4, -0.2) is 24.9 Å². The van der Waals surface area contributed by atoms with E-state index in [2.05, 4.69) is 17.2 Å². The second-order valence-corrected chi connectivity index (χ2v) is 6.13. The molecule has 2 aromatic carbocycles. The van der Waals surface area contributed by atoms with Crippen molar-refractivity contribution in [2.45, 2.75) is 13.3 Å². The Kier molecular flexibility index (Phi) is 5.15. The van der Waals surface area contributed by atoms with E-state index >= 15 is 0 Å². The molecule has 126 valence electrons. The zero-order chi connectivity index (χ0) is 17.6. The van der Waals surface area contributed by atoms with Crippen LogP contribution in [0.3, 0.4) is 0 Å². The maximum Gasteiger partial charge on any atom is 0.227 e. The van der Waals surface area contributed by atoms with Crippen molar-refractivity contribution in [3.63, 3.8) is 0 Å². The van der Waals surface area contributed by atoms with Crippen molar-refractivity contribution in [3.05, 3.63) is 65.7 Å². The first-order valence-electron chi connectivity index (χ1n) is 8.32. The lowest BCUT2D eigenvalue weighted by Gasteiger charge is -2.16. The van der Waals surface area contributed by atoms with Crippen LogP contribution in [0.25, 0.3) is 0 Å². The summed E-state index contributed by atoms with van der Waals surface area (Å²) in [6, 6.07) is 17.4. The molecule has 2 amide bonds. The van der Waals surface area contributed by atoms with Crippen molar-refractivity contribution in [1.82, 2.24) is 5.32 Å². The highest BCUT2D eigenvalue weighted by Crippen LogP contribution is 2.25. The Morgan fingerprint density at radius 1 is 1.16 bits per heavy atom. The lowest BCUT2D eigenvalue weighted by Crippen LogP contribution is -2.33. The number of amides is 2. The number of nitrogens with one attached hydrogen (secondary N) is 1. The monoisotopic (exact) mass is 332 g/mol. The van der Waals surface area contributed by atoms with Gasteiger partial charge in [0, 0.05) is 24.2 Å². The average molecular weight is 332 g/mol. The molecule has 1 atom stereocenters. The Labute approximate surface area is 147 Å². The van der Waals surface area contributed by atoms with Crippen LogP contribution in [0, 0.1) is 24.7 Å². The maximum absolute atomic E-state index is 12.3. The molecule has 0 saturated carbocycles. The van der Waals surface area contributed by atoms with Crippen LogP contribution in [0.15, 0.2) is 54.6 Å². The van der Waals surface area contributed by atoms with Gasteiger partial charge in [0.05, 0.1) is 12.5 Å². The van der Waals surface area contributed by atoms with Gasteiger partial charge in [-0.3, -0.25) is 9.59 Å². The smallest absolute Gasteiger partial charge is 0.227 e. The summed E-state index contributed by atoms with van der Waals surface area (Å²) in [6.07, 6.45) is 0.242. The molecule has 25 heavy (non-hydrogen) atoms. The highest BCUT2D eigenvalue weighted by molar-refractivity contribution is 6.00. The number of carbonyl (C=O) groups excluding carboxylic acids is 2. The number of nitrogens with zero attached hydrogens (tertiary/aromatic N) is 1. The molecular formula is C21H20N2O2. The topological polar surface area (TPSA) is 49.4 Å². The standard InChI is InChI=1S/C21H20N2O2/c1-16-9-11-19(12-10-16)23-15-18(14-20(23)24)21(25)22-13-5-8-17-6-3-2-4-7-17/h2-4,6-7,9-12,18H,13-15H2,1H3,(H,22,25). The molecule has 0 bridgehead atoms. The average Bonchev–Trinajstić information content (AvgIpc) is 3.02. The number of hydrogen-bond donors (Lipinski definition) is 1. The van der Waals surface area contributed by atoms with E-state index in [4.69, 9.17) is 0 Å². The summed E-state index contributed by atoms with van der Waals surface area (Å²) in [7, 11) is 0. The third kappa shape index (κ3) is 4.27. The quantitative estimate of drug-likeness (QED) is 0.878. The summed E-state index contributed by atoms with van der Waals surface area (Å²) in [5.41, 5.74) is 2.90. The van der Waals surface area contributed by atoms with Crippen molar-refractivity contribution in [1.29, 1.82) is 0 Å². The van der Waals surface area contributed by atoms with E-state index in [-0.39, 0.29) is 30.7 Å². The molecule has 1 aliphatic rings. The Morgan fingerprint density at radius 3 is 2.60 bits per heavy atom. The van der Waals surface area contributed by atoms with E-state index in [1.807, 2.05) is 61.5 Å². The zero-order valence-electron chi connectivity index (χ0n) is 14.2. The molecule has 3 rings (SSSR count). The molecule has 4 nitrogen and oxygen atoms in total.